The molecule has 3 nitrogen and oxygen atoms in total. The van der Waals surface area contributed by atoms with E-state index in [-0.39, 0.29) is 18.0 Å². The average molecular weight is 262 g/mol. The minimum atomic E-state index is -0.0866. The molecule has 0 aliphatic rings. The Morgan fingerprint density at radius 1 is 1.11 bits per heavy atom. The molecule has 0 radical (unpaired) electrons. The van der Waals surface area contributed by atoms with Crippen molar-refractivity contribution in [3.8, 4) is 0 Å². The summed E-state index contributed by atoms with van der Waals surface area (Å²) in [6.45, 7) is 8.71. The van der Waals surface area contributed by atoms with Crippen LogP contribution < -0.4 is 0 Å². The van der Waals surface area contributed by atoms with Crippen LogP contribution in [0.5, 0.6) is 0 Å². The zero-order chi connectivity index (χ0) is 14.4. The molecule has 0 fully saturated rings. The van der Waals surface area contributed by atoms with Crippen LogP contribution in [0, 0.1) is 20.8 Å². The lowest BCUT2D eigenvalue weighted by atomic mass is 9.94. The highest BCUT2D eigenvalue weighted by molar-refractivity contribution is 6.09. The average Bonchev–Trinajstić information content (AvgIpc) is 2.27. The number of rotatable bonds is 7. The summed E-state index contributed by atoms with van der Waals surface area (Å²) >= 11 is 0. The van der Waals surface area contributed by atoms with E-state index in [1.807, 2.05) is 39.8 Å². The maximum absolute atomic E-state index is 12.2. The minimum Gasteiger partial charge on any atom is -0.381 e. The van der Waals surface area contributed by atoms with Crippen LogP contribution in [0.3, 0.4) is 0 Å². The van der Waals surface area contributed by atoms with Crippen LogP contribution in [0.25, 0.3) is 0 Å². The number of ketones is 2. The molecule has 0 aliphatic carbocycles. The minimum absolute atomic E-state index is 0.0299. The van der Waals surface area contributed by atoms with Gasteiger partial charge < -0.3 is 4.74 Å². The van der Waals surface area contributed by atoms with Gasteiger partial charge in [0.1, 0.15) is 5.78 Å². The maximum Gasteiger partial charge on any atom is 0.170 e. The molecule has 0 aliphatic heterocycles. The Labute approximate surface area is 115 Å². The highest BCUT2D eigenvalue weighted by Gasteiger charge is 2.16. The van der Waals surface area contributed by atoms with Gasteiger partial charge in [0, 0.05) is 18.6 Å². The predicted molar refractivity (Wildman–Crippen MR) is 75.7 cm³/mol. The molecule has 0 N–H and O–H groups in total. The fourth-order valence-electron chi connectivity index (χ4n) is 2.31. The summed E-state index contributed by atoms with van der Waals surface area (Å²) in [7, 11) is 0. The normalized spacial score (nSPS) is 10.5. The van der Waals surface area contributed by atoms with Crippen molar-refractivity contribution in [2.45, 2.75) is 40.5 Å². The van der Waals surface area contributed by atoms with Crippen LogP contribution in [-0.2, 0) is 9.53 Å². The second-order valence-corrected chi connectivity index (χ2v) is 4.86. The standard InChI is InChI=1S/C16H22O3/c1-5-19-7-6-14(17)10-15(18)16-12(3)8-11(2)9-13(16)4/h8-9H,5-7,10H2,1-4H3. The number of Topliss-reactive ketones (excluding diaryl/α,β-unsaturated/α-hetero) is 2. The van der Waals surface area contributed by atoms with E-state index >= 15 is 0 Å². The van der Waals surface area contributed by atoms with Gasteiger partial charge in [-0.3, -0.25) is 9.59 Å². The van der Waals surface area contributed by atoms with E-state index in [1.54, 1.807) is 0 Å². The number of benzene rings is 1. The molecule has 0 saturated carbocycles. The summed E-state index contributed by atoms with van der Waals surface area (Å²) in [6.07, 6.45) is 0.279. The van der Waals surface area contributed by atoms with Gasteiger partial charge >= 0.3 is 0 Å². The molecule has 0 saturated heterocycles. The zero-order valence-corrected chi connectivity index (χ0v) is 12.2. The third-order valence-corrected chi connectivity index (χ3v) is 3.04. The number of hydrogen-bond acceptors (Lipinski definition) is 3. The molecule has 0 aromatic heterocycles. The van der Waals surface area contributed by atoms with Crippen molar-refractivity contribution in [3.05, 3.63) is 34.4 Å². The molecule has 0 unspecified atom stereocenters. The van der Waals surface area contributed by atoms with Crippen LogP contribution in [0.4, 0.5) is 0 Å². The predicted octanol–water partition coefficient (Wildman–Crippen LogP) is 3.18. The molecule has 1 aromatic rings. The molecule has 0 heterocycles. The summed E-state index contributed by atoms with van der Waals surface area (Å²) in [5, 5.41) is 0. The van der Waals surface area contributed by atoms with E-state index in [1.165, 1.54) is 0 Å². The molecule has 0 bridgehead atoms. The van der Waals surface area contributed by atoms with Gasteiger partial charge in [-0.15, -0.1) is 0 Å². The van der Waals surface area contributed by atoms with Crippen molar-refractivity contribution in [3.63, 3.8) is 0 Å². The SMILES string of the molecule is CCOCCC(=O)CC(=O)c1c(C)cc(C)cc1C. The van der Waals surface area contributed by atoms with E-state index in [0.717, 1.165) is 16.7 Å². The molecule has 19 heavy (non-hydrogen) atoms. The van der Waals surface area contributed by atoms with Crippen molar-refractivity contribution in [1.82, 2.24) is 0 Å². The number of ether oxygens (including phenoxy) is 1. The molecule has 1 rings (SSSR count). The highest BCUT2D eigenvalue weighted by Crippen LogP contribution is 2.18. The van der Waals surface area contributed by atoms with E-state index in [0.29, 0.717) is 25.2 Å². The number of carbonyl (C=O) groups is 2. The summed E-state index contributed by atoms with van der Waals surface area (Å²) < 4.78 is 5.12. The number of aryl methyl sites for hydroxylation is 3. The Balaban J connectivity index is 2.71. The van der Waals surface area contributed by atoms with Crippen LogP contribution in [0.15, 0.2) is 12.1 Å². The molecule has 0 atom stereocenters. The fourth-order valence-corrected chi connectivity index (χ4v) is 2.31. The third kappa shape index (κ3) is 4.60. The van der Waals surface area contributed by atoms with Gasteiger partial charge in [-0.05, 0) is 38.8 Å². The Hall–Kier alpha value is -1.48. The van der Waals surface area contributed by atoms with Crippen LogP contribution in [0.2, 0.25) is 0 Å². The second-order valence-electron chi connectivity index (χ2n) is 4.86. The van der Waals surface area contributed by atoms with Crippen LogP contribution in [0.1, 0.15) is 46.8 Å². The van der Waals surface area contributed by atoms with Gasteiger partial charge in [-0.1, -0.05) is 17.7 Å². The summed E-state index contributed by atoms with van der Waals surface area (Å²) in [5.41, 5.74) is 3.71. The fraction of sp³-hybridized carbons (Fsp3) is 0.500. The lowest BCUT2D eigenvalue weighted by Crippen LogP contribution is -2.13. The van der Waals surface area contributed by atoms with Gasteiger partial charge in [0.25, 0.3) is 0 Å². The van der Waals surface area contributed by atoms with Gasteiger partial charge in [-0.25, -0.2) is 0 Å². The summed E-state index contributed by atoms with van der Waals surface area (Å²) in [4.78, 5) is 23.9. The molecule has 1 aromatic carbocycles. The topological polar surface area (TPSA) is 43.4 Å². The monoisotopic (exact) mass is 262 g/mol. The second kappa shape index (κ2) is 7.19. The molecular formula is C16H22O3. The summed E-state index contributed by atoms with van der Waals surface area (Å²) in [5.74, 6) is -0.144. The van der Waals surface area contributed by atoms with E-state index in [2.05, 4.69) is 0 Å². The Kier molecular flexibility index (Phi) is 5.90. The van der Waals surface area contributed by atoms with Crippen molar-refractivity contribution in [2.24, 2.45) is 0 Å². The first-order chi connectivity index (χ1) is 8.95. The quantitative estimate of drug-likeness (QED) is 0.430. The third-order valence-electron chi connectivity index (χ3n) is 3.04. The zero-order valence-electron chi connectivity index (χ0n) is 12.2. The van der Waals surface area contributed by atoms with E-state index in [4.69, 9.17) is 4.74 Å². The Morgan fingerprint density at radius 3 is 2.21 bits per heavy atom. The van der Waals surface area contributed by atoms with Crippen LogP contribution >= 0.6 is 0 Å². The highest BCUT2D eigenvalue weighted by atomic mass is 16.5. The van der Waals surface area contributed by atoms with E-state index < -0.39 is 0 Å². The van der Waals surface area contributed by atoms with Crippen molar-refractivity contribution < 1.29 is 14.3 Å². The largest absolute Gasteiger partial charge is 0.381 e. The molecule has 0 amide bonds. The van der Waals surface area contributed by atoms with Crippen molar-refractivity contribution >= 4 is 11.6 Å². The maximum atomic E-state index is 12.2. The number of carbonyl (C=O) groups excluding carboxylic acids is 2. The van der Waals surface area contributed by atoms with Gasteiger partial charge in [0.15, 0.2) is 5.78 Å². The molecule has 3 heteroatoms. The molecule has 0 spiro atoms. The van der Waals surface area contributed by atoms with Crippen molar-refractivity contribution in [2.75, 3.05) is 13.2 Å². The van der Waals surface area contributed by atoms with Crippen molar-refractivity contribution in [1.29, 1.82) is 0 Å². The first-order valence-electron chi connectivity index (χ1n) is 6.66. The Morgan fingerprint density at radius 2 is 1.68 bits per heavy atom. The Bertz CT molecular complexity index is 452. The first kappa shape index (κ1) is 15.6. The number of hydrogen-bond donors (Lipinski definition) is 0. The lowest BCUT2D eigenvalue weighted by molar-refractivity contribution is -0.119. The van der Waals surface area contributed by atoms with Crippen LogP contribution in [-0.4, -0.2) is 24.8 Å². The van der Waals surface area contributed by atoms with Gasteiger partial charge in [0.05, 0.1) is 13.0 Å². The smallest absolute Gasteiger partial charge is 0.170 e. The molecule has 104 valence electrons. The van der Waals surface area contributed by atoms with Gasteiger partial charge in [-0.2, -0.15) is 0 Å². The molecular weight excluding hydrogens is 240 g/mol. The lowest BCUT2D eigenvalue weighted by Gasteiger charge is -2.10. The van der Waals surface area contributed by atoms with E-state index in [9.17, 15) is 9.59 Å². The van der Waals surface area contributed by atoms with Gasteiger partial charge in [0.2, 0.25) is 0 Å². The summed E-state index contributed by atoms with van der Waals surface area (Å²) in [6, 6.07) is 3.95. The first-order valence-corrected chi connectivity index (χ1v) is 6.66.